The highest BCUT2D eigenvalue weighted by molar-refractivity contribution is 8.16. The summed E-state index contributed by atoms with van der Waals surface area (Å²) >= 11 is 1.59. The van der Waals surface area contributed by atoms with Gasteiger partial charge in [0.05, 0.1) is 17.4 Å². The molecular weight excluding hydrogens is 424 g/mol. The van der Waals surface area contributed by atoms with E-state index < -0.39 is 32.8 Å². The zero-order valence-electron chi connectivity index (χ0n) is 17.3. The van der Waals surface area contributed by atoms with Crippen LogP contribution in [0.25, 0.3) is 0 Å². The Kier molecular flexibility index (Phi) is 5.58. The maximum Gasteiger partial charge on any atom is 0.241 e. The number of amides is 1. The van der Waals surface area contributed by atoms with Crippen molar-refractivity contribution in [2.24, 2.45) is 11.3 Å². The van der Waals surface area contributed by atoms with Crippen molar-refractivity contribution in [2.45, 2.75) is 49.7 Å². The highest BCUT2D eigenvalue weighted by Gasteiger charge is 2.73. The quantitative estimate of drug-likeness (QED) is 0.687. The molecule has 2 fully saturated rings. The van der Waals surface area contributed by atoms with E-state index >= 15 is 0 Å². The lowest BCUT2D eigenvalue weighted by Crippen LogP contribution is -2.67. The summed E-state index contributed by atoms with van der Waals surface area (Å²) in [6, 6.07) is 2.29. The first-order chi connectivity index (χ1) is 13.9. The van der Waals surface area contributed by atoms with Gasteiger partial charge in [0.2, 0.25) is 5.91 Å². The van der Waals surface area contributed by atoms with Crippen LogP contribution in [0, 0.1) is 22.7 Å². The van der Waals surface area contributed by atoms with E-state index in [2.05, 4.69) is 16.0 Å². The average molecular weight is 447 g/mol. The van der Waals surface area contributed by atoms with Gasteiger partial charge in [0.25, 0.3) is 0 Å². The number of Topliss-reactive ketones (excluding diaryl/α,β-unsaturated/α-hetero) is 1. The van der Waals surface area contributed by atoms with Gasteiger partial charge in [0.1, 0.15) is 11.1 Å². The number of fused-ring (bicyclic) bond motifs is 1. The average Bonchev–Trinajstić information content (AvgIpc) is 2.94. The maximum atomic E-state index is 14.0. The molecule has 10 heteroatoms. The van der Waals surface area contributed by atoms with Crippen molar-refractivity contribution < 1.29 is 19.2 Å². The molecule has 30 heavy (non-hydrogen) atoms. The highest BCUT2D eigenvalue weighted by Crippen LogP contribution is 2.65. The first-order valence-corrected chi connectivity index (χ1v) is 10.9. The van der Waals surface area contributed by atoms with Gasteiger partial charge in [-0.25, -0.2) is 9.97 Å². The number of hydrogen-bond acceptors (Lipinski definition) is 9. The lowest BCUT2D eigenvalue weighted by Gasteiger charge is -2.50. The molecule has 2 heterocycles. The number of aromatic nitrogens is 2. The molecule has 3 rings (SSSR count). The van der Waals surface area contributed by atoms with E-state index in [1.807, 2.05) is 0 Å². The fraction of sp³-hybridized carbons (Fsp3) is 0.550. The Morgan fingerprint density at radius 1 is 1.13 bits per heavy atom. The van der Waals surface area contributed by atoms with Crippen LogP contribution in [0.5, 0.6) is 0 Å². The number of likely N-dealkylation sites (tertiary alicyclic amines) is 1. The van der Waals surface area contributed by atoms with Crippen LogP contribution < -0.4 is 0 Å². The third-order valence-electron chi connectivity index (χ3n) is 6.06. The molecule has 2 unspecified atom stereocenters. The van der Waals surface area contributed by atoms with E-state index in [0.717, 1.165) is 23.5 Å². The minimum Gasteiger partial charge on any atom is -0.323 e. The van der Waals surface area contributed by atoms with Crippen molar-refractivity contribution in [2.75, 3.05) is 7.05 Å². The second-order valence-corrected chi connectivity index (χ2v) is 11.2. The molecule has 1 amide bonds. The van der Waals surface area contributed by atoms with Gasteiger partial charge in [-0.1, -0.05) is 23.5 Å². The van der Waals surface area contributed by atoms with Crippen LogP contribution in [0.1, 0.15) is 45.6 Å². The number of nitriles is 1. The van der Waals surface area contributed by atoms with Gasteiger partial charge in [-0.05, 0) is 25.8 Å². The summed E-state index contributed by atoms with van der Waals surface area (Å²) < 4.78 is -1.43. The molecule has 2 aliphatic rings. The Balaban J connectivity index is 2.30. The molecule has 8 nitrogen and oxygen atoms in total. The van der Waals surface area contributed by atoms with E-state index in [-0.39, 0.29) is 22.4 Å². The Hall–Kier alpha value is -2.25. The van der Waals surface area contributed by atoms with E-state index in [9.17, 15) is 24.4 Å². The predicted octanol–water partition coefficient (Wildman–Crippen LogP) is 2.17. The molecule has 1 saturated heterocycles. The lowest BCUT2D eigenvalue weighted by molar-refractivity contribution is -0.151. The lowest BCUT2D eigenvalue weighted by atomic mass is 9.71. The molecule has 0 aromatic carbocycles. The Morgan fingerprint density at radius 3 is 2.20 bits per heavy atom. The molecule has 1 aliphatic heterocycles. The summed E-state index contributed by atoms with van der Waals surface area (Å²) in [6.45, 7) is 5.92. The summed E-state index contributed by atoms with van der Waals surface area (Å²) in [6.07, 6.45) is 4.44. The monoisotopic (exact) mass is 446 g/mol. The number of carbonyl (C=O) groups excluding carboxylic acids is 4. The smallest absolute Gasteiger partial charge is 0.241 e. The zero-order chi connectivity index (χ0) is 22.5. The summed E-state index contributed by atoms with van der Waals surface area (Å²) in [5, 5.41) is 9.46. The topological polar surface area (TPSA) is 121 Å². The summed E-state index contributed by atoms with van der Waals surface area (Å²) in [5.41, 5.74) is -0.561. The number of thioether (sulfide) groups is 2. The van der Waals surface area contributed by atoms with Crippen molar-refractivity contribution in [1.82, 2.24) is 14.9 Å². The van der Waals surface area contributed by atoms with Gasteiger partial charge in [0, 0.05) is 39.2 Å². The van der Waals surface area contributed by atoms with Crippen LogP contribution in [-0.4, -0.2) is 53.5 Å². The summed E-state index contributed by atoms with van der Waals surface area (Å²) in [7, 11) is 1.47. The largest absolute Gasteiger partial charge is 0.323 e. The number of likely N-dealkylation sites (N-methyl/N-ethyl adjacent to an activating group) is 1. The SMILES string of the molecule is CC(=O)S[C@]12C[C@](C)(C#N)C(c3cncnc3)C1C(=O)[C@](C)(SC(C)=O)N(C)C2=O. The Morgan fingerprint density at radius 2 is 1.70 bits per heavy atom. The molecule has 0 spiro atoms. The van der Waals surface area contributed by atoms with Crippen molar-refractivity contribution in [3.63, 3.8) is 0 Å². The number of carbonyl (C=O) groups is 4. The minimum atomic E-state index is -1.44. The van der Waals surface area contributed by atoms with Crippen LogP contribution in [-0.2, 0) is 19.2 Å². The normalized spacial score (nSPS) is 35.7. The Bertz CT molecular complexity index is 981. The predicted molar refractivity (Wildman–Crippen MR) is 112 cm³/mol. The molecule has 1 saturated carbocycles. The first-order valence-electron chi connectivity index (χ1n) is 9.31. The van der Waals surface area contributed by atoms with Crippen molar-refractivity contribution in [3.05, 3.63) is 24.3 Å². The zero-order valence-corrected chi connectivity index (χ0v) is 19.0. The van der Waals surface area contributed by atoms with Gasteiger partial charge in [-0.2, -0.15) is 5.26 Å². The third kappa shape index (κ3) is 3.15. The fourth-order valence-corrected chi connectivity index (χ4v) is 7.33. The van der Waals surface area contributed by atoms with Gasteiger partial charge >= 0.3 is 0 Å². The molecular formula is C20H22N4O4S2. The summed E-state index contributed by atoms with van der Waals surface area (Å²) in [5.74, 6) is -2.47. The van der Waals surface area contributed by atoms with Gasteiger partial charge in [-0.3, -0.25) is 19.2 Å². The van der Waals surface area contributed by atoms with Crippen LogP contribution in [0.2, 0.25) is 0 Å². The van der Waals surface area contributed by atoms with Gasteiger partial charge in [0.15, 0.2) is 20.9 Å². The molecule has 0 bridgehead atoms. The summed E-state index contributed by atoms with van der Waals surface area (Å²) in [4.78, 5) is 59.7. The van der Waals surface area contributed by atoms with E-state index in [1.54, 1.807) is 13.8 Å². The molecule has 1 aliphatic carbocycles. The molecule has 158 valence electrons. The number of rotatable bonds is 3. The molecule has 0 N–H and O–H groups in total. The highest BCUT2D eigenvalue weighted by atomic mass is 32.2. The van der Waals surface area contributed by atoms with E-state index in [1.165, 1.54) is 44.5 Å². The fourth-order valence-electron chi connectivity index (χ4n) is 4.84. The maximum absolute atomic E-state index is 14.0. The second kappa shape index (κ2) is 7.46. The van der Waals surface area contributed by atoms with Crippen LogP contribution in [0.3, 0.4) is 0 Å². The van der Waals surface area contributed by atoms with Crippen LogP contribution in [0.4, 0.5) is 0 Å². The van der Waals surface area contributed by atoms with Gasteiger partial charge < -0.3 is 4.90 Å². The van der Waals surface area contributed by atoms with E-state index in [4.69, 9.17) is 0 Å². The van der Waals surface area contributed by atoms with Crippen LogP contribution >= 0.6 is 23.5 Å². The number of nitrogens with zero attached hydrogens (tertiary/aromatic N) is 4. The third-order valence-corrected chi connectivity index (χ3v) is 8.45. The van der Waals surface area contributed by atoms with Crippen molar-refractivity contribution >= 4 is 45.4 Å². The Labute approximate surface area is 183 Å². The standard InChI is InChI=1S/C20H22N4O4S2/c1-11(25)29-19(4)16(27)15-14(13-6-22-10-23-7-13)18(3,9-21)8-20(15,30-12(2)26)17(28)24(19)5/h6-7,10,14-15H,8H2,1-5H3/t14?,15?,18-,19+,20-/m1/s1. The first kappa shape index (κ1) is 22.4. The van der Waals surface area contributed by atoms with Gasteiger partial charge in [-0.15, -0.1) is 0 Å². The second-order valence-electron chi connectivity index (χ2n) is 8.12. The molecule has 0 radical (unpaired) electrons. The van der Waals surface area contributed by atoms with Crippen LogP contribution in [0.15, 0.2) is 18.7 Å². The van der Waals surface area contributed by atoms with Crippen molar-refractivity contribution in [1.29, 1.82) is 5.26 Å². The number of ketones is 1. The number of piperidine rings is 1. The molecule has 1 aromatic heterocycles. The molecule has 5 atom stereocenters. The van der Waals surface area contributed by atoms with E-state index in [0.29, 0.717) is 5.56 Å². The molecule has 1 aromatic rings. The minimum absolute atomic E-state index is 0.0285. The number of hydrogen-bond donors (Lipinski definition) is 0. The van der Waals surface area contributed by atoms with Crippen molar-refractivity contribution in [3.8, 4) is 6.07 Å².